The molecule has 0 radical (unpaired) electrons. The van der Waals surface area contributed by atoms with Crippen LogP contribution in [0.4, 0.5) is 0 Å². The maximum atomic E-state index is 6.08. The largest absolute Gasteiger partial charge is 0.493 e. The fourth-order valence-corrected chi connectivity index (χ4v) is 3.45. The van der Waals surface area contributed by atoms with Crippen molar-refractivity contribution in [2.45, 2.75) is 37.8 Å². The fraction of sp³-hybridized carbons (Fsp3) is 0.588. The summed E-state index contributed by atoms with van der Waals surface area (Å²) in [4.78, 5) is 4.53. The molecule has 1 aromatic carbocycles. The summed E-state index contributed by atoms with van der Waals surface area (Å²) in [5.74, 6) is 1.95. The number of aliphatic imine (C=N–C) groups is 1. The Balaban J connectivity index is 1.60. The van der Waals surface area contributed by atoms with E-state index < -0.39 is 0 Å². The summed E-state index contributed by atoms with van der Waals surface area (Å²) >= 11 is 0. The van der Waals surface area contributed by atoms with E-state index in [-0.39, 0.29) is 6.04 Å². The van der Waals surface area contributed by atoms with Gasteiger partial charge in [-0.05, 0) is 18.9 Å². The lowest BCUT2D eigenvalue weighted by Crippen LogP contribution is -2.38. The predicted octanol–water partition coefficient (Wildman–Crippen LogP) is 2.23. The van der Waals surface area contributed by atoms with E-state index in [0.717, 1.165) is 30.7 Å². The highest BCUT2D eigenvalue weighted by atomic mass is 16.5. The molecule has 3 atom stereocenters. The zero-order valence-corrected chi connectivity index (χ0v) is 13.1. The van der Waals surface area contributed by atoms with Gasteiger partial charge in [-0.2, -0.15) is 0 Å². The highest BCUT2D eigenvalue weighted by molar-refractivity contribution is 5.78. The van der Waals surface area contributed by atoms with Crippen LogP contribution in [0.2, 0.25) is 0 Å². The second-order valence-corrected chi connectivity index (χ2v) is 6.06. The first-order chi connectivity index (χ1) is 10.8. The first-order valence-corrected chi connectivity index (χ1v) is 8.09. The molecule has 5 nitrogen and oxygen atoms in total. The maximum Gasteiger partial charge on any atom is 0.189 e. The molecule has 1 fully saturated rings. The number of hydrogen-bond donors (Lipinski definition) is 2. The summed E-state index contributed by atoms with van der Waals surface area (Å²) in [6, 6.07) is 8.27. The first kappa shape index (κ1) is 15.2. The zero-order valence-electron chi connectivity index (χ0n) is 13.1. The van der Waals surface area contributed by atoms with Gasteiger partial charge >= 0.3 is 0 Å². The number of nitrogens with zero attached hydrogens (tertiary/aromatic N) is 1. The van der Waals surface area contributed by atoms with Crippen molar-refractivity contribution < 1.29 is 9.47 Å². The van der Waals surface area contributed by atoms with Crippen LogP contribution < -0.4 is 15.8 Å². The van der Waals surface area contributed by atoms with E-state index in [0.29, 0.717) is 24.6 Å². The minimum atomic E-state index is 0.176. The van der Waals surface area contributed by atoms with Gasteiger partial charge in [0.25, 0.3) is 0 Å². The first-order valence-electron chi connectivity index (χ1n) is 8.09. The molecule has 0 aromatic heterocycles. The van der Waals surface area contributed by atoms with Crippen molar-refractivity contribution in [1.82, 2.24) is 5.32 Å². The smallest absolute Gasteiger partial charge is 0.189 e. The number of rotatable bonds is 4. The average molecular weight is 303 g/mol. The minimum absolute atomic E-state index is 0.176. The molecule has 1 aromatic rings. The van der Waals surface area contributed by atoms with Crippen molar-refractivity contribution in [1.29, 1.82) is 0 Å². The molecule has 0 spiro atoms. The standard InChI is InChI=1S/C17H25N3O2/c1-21-15-8-4-5-12(15)11-19-17(18)20-14-9-10-22-16-7-3-2-6-13(14)16/h2-3,6-7,12,14-15H,4-5,8-11H2,1H3,(H3,18,19,20). The van der Waals surface area contributed by atoms with E-state index >= 15 is 0 Å². The van der Waals surface area contributed by atoms with Crippen LogP contribution in [0.25, 0.3) is 0 Å². The third-order valence-corrected chi connectivity index (χ3v) is 4.67. The third-order valence-electron chi connectivity index (χ3n) is 4.67. The average Bonchev–Trinajstić information content (AvgIpc) is 3.01. The SMILES string of the molecule is COC1CCCC1CN=C(N)NC1CCOc2ccccc21. The van der Waals surface area contributed by atoms with Crippen LogP contribution in [0.5, 0.6) is 5.75 Å². The molecule has 0 bridgehead atoms. The van der Waals surface area contributed by atoms with Gasteiger partial charge in [-0.1, -0.05) is 24.6 Å². The number of hydrogen-bond acceptors (Lipinski definition) is 3. The summed E-state index contributed by atoms with van der Waals surface area (Å²) in [5.41, 5.74) is 7.24. The van der Waals surface area contributed by atoms with Gasteiger partial charge in [0.05, 0.1) is 18.8 Å². The van der Waals surface area contributed by atoms with E-state index in [1.807, 2.05) is 18.2 Å². The molecule has 5 heteroatoms. The summed E-state index contributed by atoms with van der Waals surface area (Å²) < 4.78 is 11.2. The number of fused-ring (bicyclic) bond motifs is 1. The van der Waals surface area contributed by atoms with Gasteiger partial charge in [0, 0.05) is 31.6 Å². The Bertz CT molecular complexity index is 532. The number of ether oxygens (including phenoxy) is 2. The number of guanidine groups is 1. The van der Waals surface area contributed by atoms with Crippen molar-refractivity contribution in [3.8, 4) is 5.75 Å². The minimum Gasteiger partial charge on any atom is -0.493 e. The van der Waals surface area contributed by atoms with Crippen molar-refractivity contribution >= 4 is 5.96 Å². The van der Waals surface area contributed by atoms with Gasteiger partial charge in [-0.15, -0.1) is 0 Å². The molecule has 1 saturated carbocycles. The van der Waals surface area contributed by atoms with Gasteiger partial charge in [-0.25, -0.2) is 0 Å². The second-order valence-electron chi connectivity index (χ2n) is 6.06. The van der Waals surface area contributed by atoms with Crippen molar-refractivity contribution in [3.63, 3.8) is 0 Å². The van der Waals surface area contributed by atoms with Crippen molar-refractivity contribution in [3.05, 3.63) is 29.8 Å². The maximum absolute atomic E-state index is 6.08. The Morgan fingerprint density at radius 2 is 2.23 bits per heavy atom. The highest BCUT2D eigenvalue weighted by Gasteiger charge is 2.27. The molecule has 1 heterocycles. The van der Waals surface area contributed by atoms with Crippen LogP contribution in [-0.2, 0) is 4.74 Å². The quantitative estimate of drug-likeness (QED) is 0.661. The topological polar surface area (TPSA) is 68.9 Å². The molecular formula is C17H25N3O2. The normalized spacial score (nSPS) is 28.0. The molecule has 0 amide bonds. The van der Waals surface area contributed by atoms with E-state index in [4.69, 9.17) is 15.2 Å². The van der Waals surface area contributed by atoms with Crippen LogP contribution in [-0.4, -0.2) is 32.3 Å². The zero-order chi connectivity index (χ0) is 15.4. The molecule has 0 saturated heterocycles. The molecule has 3 rings (SSSR count). The Labute approximate surface area is 131 Å². The predicted molar refractivity (Wildman–Crippen MR) is 87.1 cm³/mol. The summed E-state index contributed by atoms with van der Waals surface area (Å²) in [6.45, 7) is 1.44. The van der Waals surface area contributed by atoms with Crippen LogP contribution in [0.3, 0.4) is 0 Å². The molecule has 120 valence electrons. The lowest BCUT2D eigenvalue weighted by atomic mass is 10.0. The lowest BCUT2D eigenvalue weighted by molar-refractivity contribution is 0.0742. The Kier molecular flexibility index (Phi) is 4.83. The molecule has 22 heavy (non-hydrogen) atoms. The van der Waals surface area contributed by atoms with Gasteiger partial charge in [0.2, 0.25) is 0 Å². The van der Waals surface area contributed by atoms with E-state index in [1.54, 1.807) is 7.11 Å². The molecule has 1 aliphatic carbocycles. The molecule has 3 N–H and O–H groups in total. The number of methoxy groups -OCH3 is 1. The van der Waals surface area contributed by atoms with Gasteiger partial charge in [-0.3, -0.25) is 4.99 Å². The van der Waals surface area contributed by atoms with Crippen molar-refractivity contribution in [2.24, 2.45) is 16.6 Å². The van der Waals surface area contributed by atoms with E-state index in [1.165, 1.54) is 12.8 Å². The molecule has 1 aliphatic heterocycles. The van der Waals surface area contributed by atoms with Crippen LogP contribution in [0, 0.1) is 5.92 Å². The number of nitrogens with one attached hydrogen (secondary N) is 1. The summed E-state index contributed by atoms with van der Waals surface area (Å²) in [7, 11) is 1.78. The van der Waals surface area contributed by atoms with Crippen molar-refractivity contribution in [2.75, 3.05) is 20.3 Å². The lowest BCUT2D eigenvalue weighted by Gasteiger charge is -2.27. The van der Waals surface area contributed by atoms with Gasteiger partial charge in [0.1, 0.15) is 5.75 Å². The number of benzene rings is 1. The van der Waals surface area contributed by atoms with Gasteiger partial charge < -0.3 is 20.5 Å². The molecular weight excluding hydrogens is 278 g/mol. The summed E-state index contributed by atoms with van der Waals surface area (Å²) in [6.07, 6.45) is 4.77. The highest BCUT2D eigenvalue weighted by Crippen LogP contribution is 2.31. The summed E-state index contributed by atoms with van der Waals surface area (Å²) in [5, 5.41) is 3.34. The number of nitrogens with two attached hydrogens (primary N) is 1. The van der Waals surface area contributed by atoms with E-state index in [9.17, 15) is 0 Å². The van der Waals surface area contributed by atoms with Crippen LogP contribution in [0.1, 0.15) is 37.3 Å². The molecule has 3 unspecified atom stereocenters. The van der Waals surface area contributed by atoms with Gasteiger partial charge in [0.15, 0.2) is 5.96 Å². The Hall–Kier alpha value is -1.75. The third kappa shape index (κ3) is 3.35. The Morgan fingerprint density at radius 1 is 1.36 bits per heavy atom. The second kappa shape index (κ2) is 7.01. The molecule has 2 aliphatic rings. The Morgan fingerprint density at radius 3 is 3.09 bits per heavy atom. The monoisotopic (exact) mass is 303 g/mol. The fourth-order valence-electron chi connectivity index (χ4n) is 3.45. The number of para-hydroxylation sites is 1. The van der Waals surface area contributed by atoms with Crippen LogP contribution >= 0.6 is 0 Å². The van der Waals surface area contributed by atoms with E-state index in [2.05, 4.69) is 16.4 Å². The van der Waals surface area contributed by atoms with Crippen LogP contribution in [0.15, 0.2) is 29.3 Å².